The molecule has 0 bridgehead atoms. The lowest BCUT2D eigenvalue weighted by atomic mass is 10.2. The molecule has 1 aliphatic heterocycles. The fraction of sp³-hybridized carbons (Fsp3) is 0.533. The Hall–Kier alpha value is -1.60. The monoisotopic (exact) mass is 327 g/mol. The first-order chi connectivity index (χ1) is 10.6. The van der Waals surface area contributed by atoms with Crippen molar-refractivity contribution < 1.29 is 22.7 Å². The quantitative estimate of drug-likeness (QED) is 0.856. The van der Waals surface area contributed by atoms with E-state index in [1.165, 1.54) is 0 Å². The van der Waals surface area contributed by atoms with Crippen molar-refractivity contribution in [2.45, 2.75) is 24.7 Å². The van der Waals surface area contributed by atoms with Crippen molar-refractivity contribution in [3.05, 3.63) is 35.9 Å². The summed E-state index contributed by atoms with van der Waals surface area (Å²) in [7, 11) is -3.25. The smallest absolute Gasteiger partial charge is 0.407 e. The van der Waals surface area contributed by atoms with E-state index in [0.717, 1.165) is 5.56 Å². The summed E-state index contributed by atoms with van der Waals surface area (Å²) < 4.78 is 34.3. The van der Waals surface area contributed by atoms with E-state index >= 15 is 0 Å². The summed E-state index contributed by atoms with van der Waals surface area (Å²) in [6.07, 6.45) is 0.649. The molecular weight excluding hydrogens is 306 g/mol. The highest BCUT2D eigenvalue weighted by Crippen LogP contribution is 2.10. The third-order valence-electron chi connectivity index (χ3n) is 3.35. The Morgan fingerprint density at radius 3 is 2.59 bits per heavy atom. The molecule has 0 aliphatic carbocycles. The van der Waals surface area contributed by atoms with Crippen molar-refractivity contribution >= 4 is 15.9 Å². The molecule has 1 amide bonds. The van der Waals surface area contributed by atoms with Gasteiger partial charge in [0.05, 0.1) is 24.7 Å². The standard InChI is InChI=1S/C15H21NO5S/c17-15(21-14-6-9-20-10-7-14)16-8-11-22(18,19)12-13-4-2-1-3-5-13/h1-5,14H,6-12H2,(H,16,17). The van der Waals surface area contributed by atoms with E-state index in [1.807, 2.05) is 6.07 Å². The highest BCUT2D eigenvalue weighted by molar-refractivity contribution is 7.90. The first-order valence-electron chi connectivity index (χ1n) is 7.32. The van der Waals surface area contributed by atoms with Gasteiger partial charge in [0.15, 0.2) is 9.84 Å². The Morgan fingerprint density at radius 1 is 1.23 bits per heavy atom. The molecule has 1 aromatic rings. The lowest BCUT2D eigenvalue weighted by Crippen LogP contribution is -2.34. The van der Waals surface area contributed by atoms with Gasteiger partial charge in [-0.3, -0.25) is 0 Å². The maximum absolute atomic E-state index is 12.0. The molecule has 2 rings (SSSR count). The summed E-state index contributed by atoms with van der Waals surface area (Å²) >= 11 is 0. The minimum Gasteiger partial charge on any atom is -0.446 e. The van der Waals surface area contributed by atoms with Gasteiger partial charge in [-0.05, 0) is 5.56 Å². The molecule has 1 fully saturated rings. The van der Waals surface area contributed by atoms with Crippen LogP contribution in [0, 0.1) is 0 Å². The Labute approximate surface area is 130 Å². The average Bonchev–Trinajstić information content (AvgIpc) is 2.48. The summed E-state index contributed by atoms with van der Waals surface area (Å²) in [4.78, 5) is 11.6. The number of rotatable bonds is 6. The first kappa shape index (κ1) is 16.8. The van der Waals surface area contributed by atoms with Crippen LogP contribution in [0.3, 0.4) is 0 Å². The number of carbonyl (C=O) groups excluding carboxylic acids is 1. The normalized spacial score (nSPS) is 16.2. The largest absolute Gasteiger partial charge is 0.446 e. The Balaban J connectivity index is 1.69. The molecular formula is C15H21NO5S. The van der Waals surface area contributed by atoms with Crippen LogP contribution in [-0.4, -0.2) is 46.1 Å². The number of hydrogen-bond donors (Lipinski definition) is 1. The van der Waals surface area contributed by atoms with E-state index in [9.17, 15) is 13.2 Å². The van der Waals surface area contributed by atoms with Gasteiger partial charge in [0.25, 0.3) is 0 Å². The lowest BCUT2D eigenvalue weighted by Gasteiger charge is -2.22. The fourth-order valence-corrected chi connectivity index (χ4v) is 3.45. The van der Waals surface area contributed by atoms with Crippen LogP contribution < -0.4 is 5.32 Å². The van der Waals surface area contributed by atoms with Crippen molar-refractivity contribution in [2.75, 3.05) is 25.5 Å². The minimum absolute atomic E-state index is 0.0233. The summed E-state index contributed by atoms with van der Waals surface area (Å²) in [5, 5.41) is 2.49. The first-order valence-corrected chi connectivity index (χ1v) is 9.14. The van der Waals surface area contributed by atoms with Crippen LogP contribution in [0.1, 0.15) is 18.4 Å². The van der Waals surface area contributed by atoms with Gasteiger partial charge in [-0.25, -0.2) is 13.2 Å². The molecule has 1 N–H and O–H groups in total. The molecule has 0 radical (unpaired) electrons. The summed E-state index contributed by atoms with van der Waals surface area (Å²) in [5.41, 5.74) is 0.743. The van der Waals surface area contributed by atoms with Crippen LogP contribution in [0.25, 0.3) is 0 Å². The minimum atomic E-state index is -3.25. The van der Waals surface area contributed by atoms with Gasteiger partial charge in [-0.1, -0.05) is 30.3 Å². The highest BCUT2D eigenvalue weighted by Gasteiger charge is 2.18. The molecule has 0 atom stereocenters. The number of ether oxygens (including phenoxy) is 2. The van der Waals surface area contributed by atoms with Crippen molar-refractivity contribution in [2.24, 2.45) is 0 Å². The maximum Gasteiger partial charge on any atom is 0.407 e. The van der Waals surface area contributed by atoms with E-state index < -0.39 is 15.9 Å². The number of carbonyl (C=O) groups is 1. The topological polar surface area (TPSA) is 81.7 Å². The van der Waals surface area contributed by atoms with Crippen LogP contribution in [0.5, 0.6) is 0 Å². The SMILES string of the molecule is O=C(NCCS(=O)(=O)Cc1ccccc1)OC1CCOCC1. The molecule has 0 saturated carbocycles. The van der Waals surface area contributed by atoms with Crippen molar-refractivity contribution in [1.29, 1.82) is 0 Å². The van der Waals surface area contributed by atoms with E-state index in [1.54, 1.807) is 24.3 Å². The summed E-state index contributed by atoms with van der Waals surface area (Å²) in [5.74, 6) is -0.130. The molecule has 1 aliphatic rings. The summed E-state index contributed by atoms with van der Waals surface area (Å²) in [6.45, 7) is 1.23. The van der Waals surface area contributed by atoms with Crippen molar-refractivity contribution in [1.82, 2.24) is 5.32 Å². The maximum atomic E-state index is 12.0. The van der Waals surface area contributed by atoms with Gasteiger partial charge in [0.2, 0.25) is 0 Å². The second-order valence-corrected chi connectivity index (χ2v) is 7.41. The summed E-state index contributed by atoms with van der Waals surface area (Å²) in [6, 6.07) is 8.97. The van der Waals surface area contributed by atoms with E-state index in [-0.39, 0.29) is 24.2 Å². The number of benzene rings is 1. The fourth-order valence-electron chi connectivity index (χ4n) is 2.20. The Kier molecular flexibility index (Phi) is 6.21. The van der Waals surface area contributed by atoms with Crippen LogP contribution in [0.2, 0.25) is 0 Å². The van der Waals surface area contributed by atoms with E-state index in [2.05, 4.69) is 5.32 Å². The molecule has 1 heterocycles. The third kappa shape index (κ3) is 6.03. The van der Waals surface area contributed by atoms with Gasteiger partial charge < -0.3 is 14.8 Å². The number of nitrogens with one attached hydrogen (secondary N) is 1. The highest BCUT2D eigenvalue weighted by atomic mass is 32.2. The van der Waals surface area contributed by atoms with E-state index in [4.69, 9.17) is 9.47 Å². The van der Waals surface area contributed by atoms with Gasteiger partial charge in [0, 0.05) is 19.4 Å². The Bertz CT molecular complexity index is 567. The van der Waals surface area contributed by atoms with Crippen LogP contribution in [-0.2, 0) is 25.1 Å². The van der Waals surface area contributed by atoms with Gasteiger partial charge in [-0.15, -0.1) is 0 Å². The number of hydrogen-bond acceptors (Lipinski definition) is 5. The lowest BCUT2D eigenvalue weighted by molar-refractivity contribution is 0.00181. The second-order valence-electron chi connectivity index (χ2n) is 5.22. The third-order valence-corrected chi connectivity index (χ3v) is 4.95. The second kappa shape index (κ2) is 8.14. The average molecular weight is 327 g/mol. The molecule has 22 heavy (non-hydrogen) atoms. The van der Waals surface area contributed by atoms with Gasteiger partial charge >= 0.3 is 6.09 Å². The molecule has 0 unspecified atom stereocenters. The number of alkyl carbamates (subject to hydrolysis) is 1. The van der Waals surface area contributed by atoms with Crippen LogP contribution in [0.15, 0.2) is 30.3 Å². The zero-order valence-electron chi connectivity index (χ0n) is 12.4. The van der Waals surface area contributed by atoms with E-state index in [0.29, 0.717) is 26.1 Å². The van der Waals surface area contributed by atoms with Crippen molar-refractivity contribution in [3.8, 4) is 0 Å². The molecule has 6 nitrogen and oxygen atoms in total. The van der Waals surface area contributed by atoms with Gasteiger partial charge in [-0.2, -0.15) is 0 Å². The van der Waals surface area contributed by atoms with Crippen LogP contribution in [0.4, 0.5) is 4.79 Å². The molecule has 1 saturated heterocycles. The molecule has 7 heteroatoms. The molecule has 0 aromatic heterocycles. The molecule has 122 valence electrons. The molecule has 1 aromatic carbocycles. The predicted molar refractivity (Wildman–Crippen MR) is 82.3 cm³/mol. The number of sulfone groups is 1. The van der Waals surface area contributed by atoms with Crippen molar-refractivity contribution in [3.63, 3.8) is 0 Å². The zero-order valence-corrected chi connectivity index (χ0v) is 13.2. The van der Waals surface area contributed by atoms with Crippen LogP contribution >= 0.6 is 0 Å². The number of amides is 1. The predicted octanol–water partition coefficient (Wildman–Crippen LogP) is 1.51. The van der Waals surface area contributed by atoms with Gasteiger partial charge in [0.1, 0.15) is 6.10 Å². The molecule has 0 spiro atoms. The zero-order chi connectivity index (χ0) is 15.8. The Morgan fingerprint density at radius 2 is 1.91 bits per heavy atom.